The van der Waals surface area contributed by atoms with E-state index in [1.807, 2.05) is 4.57 Å². The van der Waals surface area contributed by atoms with E-state index >= 15 is 0 Å². The summed E-state index contributed by atoms with van der Waals surface area (Å²) in [4.78, 5) is 8.99. The molecule has 2 aromatic rings. The number of alkyl halides is 3. The predicted octanol–water partition coefficient (Wildman–Crippen LogP) is 4.77. The van der Waals surface area contributed by atoms with Crippen molar-refractivity contribution in [3.05, 3.63) is 47.5 Å². The van der Waals surface area contributed by atoms with Gasteiger partial charge in [-0.2, -0.15) is 13.2 Å². The number of nitrogens with zero attached hydrogens (tertiary/aromatic N) is 3. The van der Waals surface area contributed by atoms with E-state index < -0.39 is 11.7 Å². The van der Waals surface area contributed by atoms with Gasteiger partial charge in [0.05, 0.1) is 17.8 Å². The van der Waals surface area contributed by atoms with Gasteiger partial charge in [-0.05, 0) is 31.0 Å². The van der Waals surface area contributed by atoms with Gasteiger partial charge in [-0.3, -0.25) is 4.99 Å². The van der Waals surface area contributed by atoms with Crippen LogP contribution in [0.1, 0.15) is 49.1 Å². The molecular formula is C18H18F3N3. The minimum Gasteiger partial charge on any atom is -0.302 e. The van der Waals surface area contributed by atoms with Crippen LogP contribution < -0.4 is 0 Å². The van der Waals surface area contributed by atoms with Crippen LogP contribution >= 0.6 is 0 Å². The number of rotatable bonds is 1. The standard InChI is InChI=1S/C18H18F3N3/c19-18(20,21)13-6-7-15-14(10-13)17(12-4-2-1-3-5-12)23-11-16-22-8-9-24(15)16/h6-10,12H,1-5,11H2. The molecule has 1 aliphatic heterocycles. The van der Waals surface area contributed by atoms with Crippen LogP contribution in [0.15, 0.2) is 35.6 Å². The molecule has 1 aromatic carbocycles. The summed E-state index contributed by atoms with van der Waals surface area (Å²) in [7, 11) is 0. The summed E-state index contributed by atoms with van der Waals surface area (Å²) in [5, 5.41) is 0. The molecule has 1 aliphatic carbocycles. The maximum Gasteiger partial charge on any atom is 0.416 e. The number of fused-ring (bicyclic) bond motifs is 3. The van der Waals surface area contributed by atoms with Gasteiger partial charge in [-0.1, -0.05) is 19.3 Å². The molecule has 2 aliphatic rings. The first-order valence-corrected chi connectivity index (χ1v) is 8.32. The summed E-state index contributed by atoms with van der Waals surface area (Å²) in [6.07, 6.45) is 4.52. The van der Waals surface area contributed by atoms with Crippen molar-refractivity contribution in [2.24, 2.45) is 10.9 Å². The lowest BCUT2D eigenvalue weighted by Crippen LogP contribution is -2.21. The molecule has 24 heavy (non-hydrogen) atoms. The molecule has 0 unspecified atom stereocenters. The van der Waals surface area contributed by atoms with Gasteiger partial charge in [-0.25, -0.2) is 4.98 Å². The van der Waals surface area contributed by atoms with Crippen LogP contribution in [0.2, 0.25) is 0 Å². The predicted molar refractivity (Wildman–Crippen MR) is 85.4 cm³/mol. The van der Waals surface area contributed by atoms with Gasteiger partial charge in [0.2, 0.25) is 0 Å². The maximum absolute atomic E-state index is 13.2. The molecule has 2 heterocycles. The molecule has 0 bridgehead atoms. The third kappa shape index (κ3) is 2.64. The molecular weight excluding hydrogens is 315 g/mol. The van der Waals surface area contributed by atoms with E-state index in [4.69, 9.17) is 4.99 Å². The molecule has 4 rings (SSSR count). The molecule has 126 valence electrons. The smallest absolute Gasteiger partial charge is 0.302 e. The van der Waals surface area contributed by atoms with E-state index in [0.29, 0.717) is 12.1 Å². The van der Waals surface area contributed by atoms with E-state index in [9.17, 15) is 13.2 Å². The fourth-order valence-corrected chi connectivity index (χ4v) is 3.76. The van der Waals surface area contributed by atoms with Crippen molar-refractivity contribution >= 4 is 5.71 Å². The monoisotopic (exact) mass is 333 g/mol. The van der Waals surface area contributed by atoms with E-state index in [0.717, 1.165) is 49.0 Å². The SMILES string of the molecule is FC(F)(F)c1ccc2c(c1)C(C1CCCCC1)=NCc1nccn1-2. The minimum atomic E-state index is -4.35. The largest absolute Gasteiger partial charge is 0.416 e. The first kappa shape index (κ1) is 15.4. The Kier molecular flexibility index (Phi) is 3.70. The Hall–Kier alpha value is -2.11. The molecule has 1 aromatic heterocycles. The zero-order chi connectivity index (χ0) is 16.7. The van der Waals surface area contributed by atoms with Crippen molar-refractivity contribution in [2.45, 2.75) is 44.8 Å². The molecule has 0 saturated heterocycles. The van der Waals surface area contributed by atoms with Crippen LogP contribution in [0, 0.1) is 5.92 Å². The Morgan fingerprint density at radius 3 is 2.62 bits per heavy atom. The highest BCUT2D eigenvalue weighted by Gasteiger charge is 2.33. The highest BCUT2D eigenvalue weighted by molar-refractivity contribution is 6.05. The second kappa shape index (κ2) is 5.76. The highest BCUT2D eigenvalue weighted by atomic mass is 19.4. The summed E-state index contributed by atoms with van der Waals surface area (Å²) < 4.78 is 41.5. The summed E-state index contributed by atoms with van der Waals surface area (Å²) in [5.41, 5.74) is 1.56. The third-order valence-corrected chi connectivity index (χ3v) is 4.96. The number of benzene rings is 1. The Morgan fingerprint density at radius 1 is 1.08 bits per heavy atom. The summed E-state index contributed by atoms with van der Waals surface area (Å²) in [6.45, 7) is 0.412. The molecule has 0 amide bonds. The van der Waals surface area contributed by atoms with Crippen LogP contribution in [0.4, 0.5) is 13.2 Å². The van der Waals surface area contributed by atoms with Gasteiger partial charge in [0.25, 0.3) is 0 Å². The lowest BCUT2D eigenvalue weighted by atomic mass is 9.82. The molecule has 1 saturated carbocycles. The van der Waals surface area contributed by atoms with Crippen LogP contribution in [0.25, 0.3) is 5.69 Å². The van der Waals surface area contributed by atoms with Crippen LogP contribution in [-0.4, -0.2) is 15.3 Å². The zero-order valence-corrected chi connectivity index (χ0v) is 13.2. The van der Waals surface area contributed by atoms with Gasteiger partial charge in [0, 0.05) is 29.6 Å². The third-order valence-electron chi connectivity index (χ3n) is 4.96. The Balaban J connectivity index is 1.87. The van der Waals surface area contributed by atoms with E-state index in [-0.39, 0.29) is 5.92 Å². The number of hydrogen-bond donors (Lipinski definition) is 0. The van der Waals surface area contributed by atoms with E-state index in [1.165, 1.54) is 12.5 Å². The first-order chi connectivity index (χ1) is 11.5. The fourth-order valence-electron chi connectivity index (χ4n) is 3.76. The highest BCUT2D eigenvalue weighted by Crippen LogP contribution is 2.36. The number of halogens is 3. The molecule has 0 N–H and O–H groups in total. The quantitative estimate of drug-likeness (QED) is 0.739. The first-order valence-electron chi connectivity index (χ1n) is 8.32. The van der Waals surface area contributed by atoms with Crippen LogP contribution in [0.5, 0.6) is 0 Å². The van der Waals surface area contributed by atoms with Crippen molar-refractivity contribution in [3.8, 4) is 5.69 Å². The maximum atomic E-state index is 13.2. The van der Waals surface area contributed by atoms with Crippen LogP contribution in [0.3, 0.4) is 0 Å². The van der Waals surface area contributed by atoms with Crippen molar-refractivity contribution < 1.29 is 13.2 Å². The van der Waals surface area contributed by atoms with E-state index in [1.54, 1.807) is 18.5 Å². The number of hydrogen-bond acceptors (Lipinski definition) is 2. The van der Waals surface area contributed by atoms with Crippen molar-refractivity contribution in [3.63, 3.8) is 0 Å². The number of aliphatic imine (C=N–C) groups is 1. The summed E-state index contributed by atoms with van der Waals surface area (Å²) >= 11 is 0. The fraction of sp³-hybridized carbons (Fsp3) is 0.444. The lowest BCUT2D eigenvalue weighted by molar-refractivity contribution is -0.137. The average molecular weight is 333 g/mol. The van der Waals surface area contributed by atoms with Crippen LogP contribution in [-0.2, 0) is 12.7 Å². The molecule has 0 radical (unpaired) electrons. The number of imidazole rings is 1. The topological polar surface area (TPSA) is 30.2 Å². The van der Waals surface area contributed by atoms with E-state index in [2.05, 4.69) is 4.98 Å². The Labute approximate surface area is 138 Å². The van der Waals surface area contributed by atoms with Gasteiger partial charge < -0.3 is 4.57 Å². The lowest BCUT2D eigenvalue weighted by Gasteiger charge is -2.25. The molecule has 0 atom stereocenters. The zero-order valence-electron chi connectivity index (χ0n) is 13.2. The molecule has 3 nitrogen and oxygen atoms in total. The van der Waals surface area contributed by atoms with Crippen molar-refractivity contribution in [1.29, 1.82) is 0 Å². The van der Waals surface area contributed by atoms with Gasteiger partial charge in [0.1, 0.15) is 5.82 Å². The van der Waals surface area contributed by atoms with Gasteiger partial charge in [0.15, 0.2) is 0 Å². The number of aromatic nitrogens is 2. The normalized spacial score (nSPS) is 18.5. The van der Waals surface area contributed by atoms with Gasteiger partial charge >= 0.3 is 6.18 Å². The Bertz CT molecular complexity index is 783. The van der Waals surface area contributed by atoms with Crippen molar-refractivity contribution in [2.75, 3.05) is 0 Å². The van der Waals surface area contributed by atoms with Gasteiger partial charge in [-0.15, -0.1) is 0 Å². The average Bonchev–Trinajstić information content (AvgIpc) is 2.98. The second-order valence-corrected chi connectivity index (χ2v) is 6.48. The molecule has 6 heteroatoms. The summed E-state index contributed by atoms with van der Waals surface area (Å²) in [5.74, 6) is 1.01. The molecule has 0 spiro atoms. The molecule has 1 fully saturated rings. The second-order valence-electron chi connectivity index (χ2n) is 6.48. The van der Waals surface area contributed by atoms with Crippen molar-refractivity contribution in [1.82, 2.24) is 9.55 Å². The minimum absolute atomic E-state index is 0.241. The summed E-state index contributed by atoms with van der Waals surface area (Å²) in [6, 6.07) is 3.96. The Morgan fingerprint density at radius 2 is 1.88 bits per heavy atom.